The van der Waals surface area contributed by atoms with Gasteiger partial charge in [-0.05, 0) is 24.8 Å². The highest BCUT2D eigenvalue weighted by Crippen LogP contribution is 2.21. The summed E-state index contributed by atoms with van der Waals surface area (Å²) in [6.07, 6.45) is 0. The molecule has 0 bridgehead atoms. The Hall–Kier alpha value is -0.780. The molecular weight excluding hydrogens is 132 g/mol. The fourth-order valence-electron chi connectivity index (χ4n) is 1.07. The fourth-order valence-corrected chi connectivity index (χ4v) is 1.07. The molecule has 0 unspecified atom stereocenters. The molecule has 1 rings (SSSR count). The summed E-state index contributed by atoms with van der Waals surface area (Å²) in [6, 6.07) is 8.50. The molecule has 0 heteroatoms. The summed E-state index contributed by atoms with van der Waals surface area (Å²) < 4.78 is 0. The van der Waals surface area contributed by atoms with E-state index in [2.05, 4.69) is 52.0 Å². The second-order valence-corrected chi connectivity index (χ2v) is 3.75. The monoisotopic (exact) mass is 147 g/mol. The first kappa shape index (κ1) is 8.32. The maximum atomic E-state index is 4.08. The lowest BCUT2D eigenvalue weighted by Crippen LogP contribution is -2.11. The second kappa shape index (κ2) is 2.69. The molecule has 11 heavy (non-hydrogen) atoms. The van der Waals surface area contributed by atoms with E-state index >= 15 is 0 Å². The van der Waals surface area contributed by atoms with Crippen molar-refractivity contribution in [2.45, 2.75) is 26.2 Å². The molecule has 0 fully saturated rings. The minimum atomic E-state index is 0.0337. The number of rotatable bonds is 1. The zero-order valence-corrected chi connectivity index (χ0v) is 7.52. The van der Waals surface area contributed by atoms with Crippen LogP contribution in [0.3, 0.4) is 0 Å². The van der Waals surface area contributed by atoms with Gasteiger partial charge in [-0.25, -0.2) is 0 Å². The van der Waals surface area contributed by atoms with Gasteiger partial charge in [0.25, 0.3) is 0 Å². The summed E-state index contributed by atoms with van der Waals surface area (Å²) in [7, 11) is 0. The third kappa shape index (κ3) is 2.07. The van der Waals surface area contributed by atoms with Crippen molar-refractivity contribution < 1.29 is 0 Å². The van der Waals surface area contributed by atoms with Crippen molar-refractivity contribution >= 4 is 0 Å². The normalized spacial score (nSPS) is 11.6. The standard InChI is InChI=1S/C11H15/c1-9-6-5-7-10(8-9)11(2,3)4/h5-8H,2H2,1,3-4H3. The maximum Gasteiger partial charge on any atom is -0.0103 e. The van der Waals surface area contributed by atoms with Gasteiger partial charge in [-0.15, -0.1) is 0 Å². The van der Waals surface area contributed by atoms with Crippen LogP contribution in [0.15, 0.2) is 24.3 Å². The van der Waals surface area contributed by atoms with Crippen LogP contribution in [0, 0.1) is 13.8 Å². The number of hydrogen-bond acceptors (Lipinski definition) is 0. The SMILES string of the molecule is [CH2]C(C)(C)c1cccc(C)c1. The molecule has 0 aliphatic carbocycles. The van der Waals surface area contributed by atoms with Crippen LogP contribution < -0.4 is 0 Å². The van der Waals surface area contributed by atoms with Crippen molar-refractivity contribution in [3.05, 3.63) is 42.3 Å². The fraction of sp³-hybridized carbons (Fsp3) is 0.364. The molecule has 0 atom stereocenters. The minimum absolute atomic E-state index is 0.0337. The molecule has 0 aliphatic rings. The average Bonchev–Trinajstić information content (AvgIpc) is 1.86. The molecule has 0 N–H and O–H groups in total. The third-order valence-corrected chi connectivity index (χ3v) is 1.80. The van der Waals surface area contributed by atoms with Crippen molar-refractivity contribution in [3.63, 3.8) is 0 Å². The van der Waals surface area contributed by atoms with E-state index in [1.807, 2.05) is 0 Å². The van der Waals surface area contributed by atoms with Crippen LogP contribution in [0.5, 0.6) is 0 Å². The molecule has 1 radical (unpaired) electrons. The van der Waals surface area contributed by atoms with E-state index in [0.29, 0.717) is 0 Å². The van der Waals surface area contributed by atoms with Crippen LogP contribution in [0.25, 0.3) is 0 Å². The van der Waals surface area contributed by atoms with Gasteiger partial charge >= 0.3 is 0 Å². The zero-order chi connectivity index (χ0) is 8.48. The van der Waals surface area contributed by atoms with Gasteiger partial charge in [0.15, 0.2) is 0 Å². The van der Waals surface area contributed by atoms with E-state index in [1.165, 1.54) is 11.1 Å². The quantitative estimate of drug-likeness (QED) is 0.572. The van der Waals surface area contributed by atoms with E-state index in [4.69, 9.17) is 0 Å². The van der Waals surface area contributed by atoms with E-state index in [1.54, 1.807) is 0 Å². The van der Waals surface area contributed by atoms with Crippen LogP contribution in [-0.4, -0.2) is 0 Å². The maximum absolute atomic E-state index is 4.08. The Bertz CT molecular complexity index is 240. The van der Waals surface area contributed by atoms with Gasteiger partial charge in [-0.2, -0.15) is 0 Å². The number of benzene rings is 1. The molecule has 0 aromatic heterocycles. The zero-order valence-electron chi connectivity index (χ0n) is 7.52. The van der Waals surface area contributed by atoms with Crippen molar-refractivity contribution in [1.29, 1.82) is 0 Å². The Morgan fingerprint density at radius 3 is 2.27 bits per heavy atom. The summed E-state index contributed by atoms with van der Waals surface area (Å²) in [4.78, 5) is 0. The Labute approximate surface area is 69.3 Å². The van der Waals surface area contributed by atoms with E-state index in [9.17, 15) is 0 Å². The van der Waals surface area contributed by atoms with E-state index < -0.39 is 0 Å². The first-order valence-corrected chi connectivity index (χ1v) is 3.92. The van der Waals surface area contributed by atoms with Gasteiger partial charge in [0.05, 0.1) is 0 Å². The van der Waals surface area contributed by atoms with Crippen molar-refractivity contribution in [2.75, 3.05) is 0 Å². The molecular formula is C11H15. The molecule has 1 aromatic rings. The highest BCUT2D eigenvalue weighted by atomic mass is 14.2. The molecule has 0 nitrogen and oxygen atoms in total. The predicted molar refractivity (Wildman–Crippen MR) is 49.6 cm³/mol. The van der Waals surface area contributed by atoms with Gasteiger partial charge in [-0.1, -0.05) is 43.7 Å². The Morgan fingerprint density at radius 1 is 1.27 bits per heavy atom. The Kier molecular flexibility index (Phi) is 2.03. The van der Waals surface area contributed by atoms with Crippen molar-refractivity contribution in [2.24, 2.45) is 0 Å². The van der Waals surface area contributed by atoms with Gasteiger partial charge in [-0.3, -0.25) is 0 Å². The average molecular weight is 147 g/mol. The highest BCUT2D eigenvalue weighted by molar-refractivity contribution is 5.28. The van der Waals surface area contributed by atoms with Crippen LogP contribution in [0.2, 0.25) is 0 Å². The van der Waals surface area contributed by atoms with Crippen molar-refractivity contribution in [3.8, 4) is 0 Å². The van der Waals surface area contributed by atoms with Crippen molar-refractivity contribution in [1.82, 2.24) is 0 Å². The third-order valence-electron chi connectivity index (χ3n) is 1.80. The van der Waals surface area contributed by atoms with Gasteiger partial charge in [0.1, 0.15) is 0 Å². The summed E-state index contributed by atoms with van der Waals surface area (Å²) in [6.45, 7) is 10.4. The Balaban J connectivity index is 3.06. The molecule has 1 aromatic carbocycles. The summed E-state index contributed by atoms with van der Waals surface area (Å²) in [5.41, 5.74) is 2.64. The molecule has 0 saturated carbocycles. The summed E-state index contributed by atoms with van der Waals surface area (Å²) in [5, 5.41) is 0. The smallest absolute Gasteiger partial charge is 0.0103 e. The summed E-state index contributed by atoms with van der Waals surface area (Å²) in [5.74, 6) is 0. The molecule has 59 valence electrons. The van der Waals surface area contributed by atoms with Crippen LogP contribution in [0.4, 0.5) is 0 Å². The largest absolute Gasteiger partial charge is 0.0617 e. The first-order valence-electron chi connectivity index (χ1n) is 3.92. The molecule has 0 spiro atoms. The topological polar surface area (TPSA) is 0 Å². The highest BCUT2D eigenvalue weighted by Gasteiger charge is 2.12. The Morgan fingerprint density at radius 2 is 1.91 bits per heavy atom. The first-order chi connectivity index (χ1) is 5.00. The van der Waals surface area contributed by atoms with Gasteiger partial charge < -0.3 is 0 Å². The lowest BCUT2D eigenvalue weighted by atomic mass is 9.86. The predicted octanol–water partition coefficient (Wildman–Crippen LogP) is 3.11. The summed E-state index contributed by atoms with van der Waals surface area (Å²) >= 11 is 0. The number of hydrogen-bond donors (Lipinski definition) is 0. The van der Waals surface area contributed by atoms with E-state index in [0.717, 1.165) is 0 Å². The van der Waals surface area contributed by atoms with Crippen LogP contribution >= 0.6 is 0 Å². The lowest BCUT2D eigenvalue weighted by Gasteiger charge is -2.18. The second-order valence-electron chi connectivity index (χ2n) is 3.75. The minimum Gasteiger partial charge on any atom is -0.0617 e. The van der Waals surface area contributed by atoms with Crippen LogP contribution in [-0.2, 0) is 5.41 Å². The van der Waals surface area contributed by atoms with Gasteiger partial charge in [0, 0.05) is 0 Å². The van der Waals surface area contributed by atoms with Crippen LogP contribution in [0.1, 0.15) is 25.0 Å². The number of aryl methyl sites for hydroxylation is 1. The van der Waals surface area contributed by atoms with E-state index in [-0.39, 0.29) is 5.41 Å². The molecule has 0 amide bonds. The lowest BCUT2D eigenvalue weighted by molar-refractivity contribution is 0.664. The molecule has 0 heterocycles. The molecule has 0 saturated heterocycles. The van der Waals surface area contributed by atoms with Gasteiger partial charge in [0.2, 0.25) is 0 Å². The molecule has 0 aliphatic heterocycles.